The highest BCUT2D eigenvalue weighted by Gasteiger charge is 2.01. The van der Waals surface area contributed by atoms with Crippen LogP contribution in [-0.4, -0.2) is 38.1 Å². The zero-order chi connectivity index (χ0) is 12.0. The Labute approximate surface area is 95.6 Å². The third-order valence-corrected chi connectivity index (χ3v) is 2.08. The molecule has 16 heavy (non-hydrogen) atoms. The second-order valence-corrected chi connectivity index (χ2v) is 3.64. The van der Waals surface area contributed by atoms with Crippen LogP contribution in [0.4, 0.5) is 16.2 Å². The standard InChI is InChI=1S/C11H18N4O/c1-15(2)11(16)14-8-7-13-10-6-4-3-5-9(10)12/h3-6,13H,7-8,12H2,1-2H3,(H,14,16). The number of benzene rings is 1. The lowest BCUT2D eigenvalue weighted by Crippen LogP contribution is -2.37. The molecule has 0 bridgehead atoms. The van der Waals surface area contributed by atoms with E-state index in [1.165, 1.54) is 4.90 Å². The Kier molecular flexibility index (Phi) is 4.44. The van der Waals surface area contributed by atoms with Crippen molar-refractivity contribution in [3.63, 3.8) is 0 Å². The number of rotatable bonds is 4. The third-order valence-electron chi connectivity index (χ3n) is 2.08. The predicted molar refractivity (Wildman–Crippen MR) is 66.4 cm³/mol. The topological polar surface area (TPSA) is 70.4 Å². The van der Waals surface area contributed by atoms with E-state index in [-0.39, 0.29) is 6.03 Å². The summed E-state index contributed by atoms with van der Waals surface area (Å²) in [5.41, 5.74) is 7.35. The fourth-order valence-corrected chi connectivity index (χ4v) is 1.18. The minimum Gasteiger partial charge on any atom is -0.397 e. The average Bonchev–Trinajstić information content (AvgIpc) is 2.26. The average molecular weight is 222 g/mol. The van der Waals surface area contributed by atoms with Gasteiger partial charge >= 0.3 is 6.03 Å². The molecule has 0 aliphatic heterocycles. The molecule has 0 saturated heterocycles. The van der Waals surface area contributed by atoms with Crippen LogP contribution in [0.15, 0.2) is 24.3 Å². The summed E-state index contributed by atoms with van der Waals surface area (Å²) in [6, 6.07) is 7.44. The van der Waals surface area contributed by atoms with Gasteiger partial charge in [0.2, 0.25) is 0 Å². The first-order valence-electron chi connectivity index (χ1n) is 5.15. The molecular weight excluding hydrogens is 204 g/mol. The number of nitrogens with one attached hydrogen (secondary N) is 2. The third kappa shape index (κ3) is 3.68. The quantitative estimate of drug-likeness (QED) is 0.525. The van der Waals surface area contributed by atoms with Crippen molar-refractivity contribution < 1.29 is 4.79 Å². The highest BCUT2D eigenvalue weighted by molar-refractivity contribution is 5.73. The molecule has 4 N–H and O–H groups in total. The molecule has 1 aromatic carbocycles. The minimum absolute atomic E-state index is 0.0946. The van der Waals surface area contributed by atoms with E-state index in [1.807, 2.05) is 24.3 Å². The molecule has 2 amide bonds. The molecule has 1 aromatic rings. The van der Waals surface area contributed by atoms with Crippen molar-refractivity contribution in [1.82, 2.24) is 10.2 Å². The van der Waals surface area contributed by atoms with Crippen LogP contribution >= 0.6 is 0 Å². The SMILES string of the molecule is CN(C)C(=O)NCCNc1ccccc1N. The van der Waals surface area contributed by atoms with Crippen molar-refractivity contribution >= 4 is 17.4 Å². The lowest BCUT2D eigenvalue weighted by Gasteiger charge is -2.13. The Morgan fingerprint density at radius 2 is 2.00 bits per heavy atom. The zero-order valence-corrected chi connectivity index (χ0v) is 9.66. The van der Waals surface area contributed by atoms with Gasteiger partial charge in [0.1, 0.15) is 0 Å². The summed E-state index contributed by atoms with van der Waals surface area (Å²) in [6.45, 7) is 1.21. The van der Waals surface area contributed by atoms with Crippen LogP contribution in [0.2, 0.25) is 0 Å². The number of carbonyl (C=O) groups excluding carboxylic acids is 1. The van der Waals surface area contributed by atoms with Gasteiger partial charge in [0.25, 0.3) is 0 Å². The molecule has 0 heterocycles. The number of amides is 2. The Bertz CT molecular complexity index is 352. The van der Waals surface area contributed by atoms with Gasteiger partial charge in [0.05, 0.1) is 11.4 Å². The molecule has 0 aromatic heterocycles. The second kappa shape index (κ2) is 5.85. The van der Waals surface area contributed by atoms with E-state index in [2.05, 4.69) is 10.6 Å². The number of anilines is 2. The Morgan fingerprint density at radius 3 is 2.62 bits per heavy atom. The molecule has 1 rings (SSSR count). The van der Waals surface area contributed by atoms with Crippen molar-refractivity contribution in [1.29, 1.82) is 0 Å². The summed E-state index contributed by atoms with van der Waals surface area (Å²) >= 11 is 0. The minimum atomic E-state index is -0.0946. The van der Waals surface area contributed by atoms with Crippen molar-refractivity contribution in [2.24, 2.45) is 0 Å². The van der Waals surface area contributed by atoms with Crippen LogP contribution in [0.5, 0.6) is 0 Å². The van der Waals surface area contributed by atoms with Crippen molar-refractivity contribution in [2.75, 3.05) is 38.2 Å². The fourth-order valence-electron chi connectivity index (χ4n) is 1.18. The fraction of sp³-hybridized carbons (Fsp3) is 0.364. The van der Waals surface area contributed by atoms with E-state index < -0.39 is 0 Å². The van der Waals surface area contributed by atoms with Gasteiger partial charge in [0, 0.05) is 27.2 Å². The number of carbonyl (C=O) groups is 1. The number of urea groups is 1. The van der Waals surface area contributed by atoms with Crippen LogP contribution in [0, 0.1) is 0 Å². The smallest absolute Gasteiger partial charge is 0.316 e. The van der Waals surface area contributed by atoms with Crippen molar-refractivity contribution in [3.8, 4) is 0 Å². The summed E-state index contributed by atoms with van der Waals surface area (Å²) in [5, 5.41) is 5.90. The summed E-state index contributed by atoms with van der Waals surface area (Å²) < 4.78 is 0. The molecule has 0 unspecified atom stereocenters. The van der Waals surface area contributed by atoms with Crippen molar-refractivity contribution in [3.05, 3.63) is 24.3 Å². The molecular formula is C11H18N4O. The normalized spacial score (nSPS) is 9.62. The van der Waals surface area contributed by atoms with Crippen LogP contribution in [0.3, 0.4) is 0 Å². The number of hydrogen-bond donors (Lipinski definition) is 3. The first-order valence-corrected chi connectivity index (χ1v) is 5.15. The molecule has 0 fully saturated rings. The monoisotopic (exact) mass is 222 g/mol. The zero-order valence-electron chi connectivity index (χ0n) is 9.66. The maximum absolute atomic E-state index is 11.2. The van der Waals surface area contributed by atoms with E-state index in [0.717, 1.165) is 5.69 Å². The van der Waals surface area contributed by atoms with Gasteiger partial charge in [-0.2, -0.15) is 0 Å². The maximum atomic E-state index is 11.2. The molecule has 5 nitrogen and oxygen atoms in total. The van der Waals surface area contributed by atoms with Gasteiger partial charge in [-0.1, -0.05) is 12.1 Å². The van der Waals surface area contributed by atoms with E-state index in [0.29, 0.717) is 18.8 Å². The van der Waals surface area contributed by atoms with Crippen LogP contribution in [0.1, 0.15) is 0 Å². The number of para-hydroxylation sites is 2. The lowest BCUT2D eigenvalue weighted by molar-refractivity contribution is 0.218. The first kappa shape index (κ1) is 12.2. The summed E-state index contributed by atoms with van der Waals surface area (Å²) in [5.74, 6) is 0. The molecule has 88 valence electrons. The summed E-state index contributed by atoms with van der Waals surface area (Å²) in [7, 11) is 3.41. The Morgan fingerprint density at radius 1 is 1.31 bits per heavy atom. The molecule has 0 saturated carbocycles. The van der Waals surface area contributed by atoms with E-state index in [9.17, 15) is 4.79 Å². The number of nitrogens with two attached hydrogens (primary N) is 1. The van der Waals surface area contributed by atoms with Gasteiger partial charge in [-0.15, -0.1) is 0 Å². The van der Waals surface area contributed by atoms with E-state index in [1.54, 1.807) is 14.1 Å². The van der Waals surface area contributed by atoms with Gasteiger partial charge in [0.15, 0.2) is 0 Å². The Balaban J connectivity index is 2.26. The van der Waals surface area contributed by atoms with Crippen molar-refractivity contribution in [2.45, 2.75) is 0 Å². The largest absolute Gasteiger partial charge is 0.397 e. The maximum Gasteiger partial charge on any atom is 0.316 e. The highest BCUT2D eigenvalue weighted by atomic mass is 16.2. The first-order chi connectivity index (χ1) is 7.61. The highest BCUT2D eigenvalue weighted by Crippen LogP contribution is 2.15. The molecule has 0 atom stereocenters. The Hall–Kier alpha value is -1.91. The predicted octanol–water partition coefficient (Wildman–Crippen LogP) is 0.952. The van der Waals surface area contributed by atoms with Gasteiger partial charge in [-0.25, -0.2) is 4.79 Å². The molecule has 5 heteroatoms. The number of hydrogen-bond acceptors (Lipinski definition) is 3. The van der Waals surface area contributed by atoms with Crippen LogP contribution in [-0.2, 0) is 0 Å². The number of nitrogens with zero attached hydrogens (tertiary/aromatic N) is 1. The van der Waals surface area contributed by atoms with Gasteiger partial charge in [-0.05, 0) is 12.1 Å². The molecule has 0 aliphatic carbocycles. The number of nitrogen functional groups attached to an aromatic ring is 1. The van der Waals surface area contributed by atoms with Gasteiger partial charge in [-0.3, -0.25) is 0 Å². The van der Waals surface area contributed by atoms with E-state index >= 15 is 0 Å². The lowest BCUT2D eigenvalue weighted by atomic mass is 10.3. The summed E-state index contributed by atoms with van der Waals surface area (Å²) in [4.78, 5) is 12.7. The molecule has 0 spiro atoms. The summed E-state index contributed by atoms with van der Waals surface area (Å²) in [6.07, 6.45) is 0. The molecule has 0 radical (unpaired) electrons. The second-order valence-electron chi connectivity index (χ2n) is 3.64. The molecule has 0 aliphatic rings. The van der Waals surface area contributed by atoms with Crippen LogP contribution in [0.25, 0.3) is 0 Å². The van der Waals surface area contributed by atoms with E-state index in [4.69, 9.17) is 5.73 Å². The van der Waals surface area contributed by atoms with Gasteiger partial charge < -0.3 is 21.3 Å². The van der Waals surface area contributed by atoms with Crippen LogP contribution < -0.4 is 16.4 Å².